The maximum absolute atomic E-state index is 13.6. The number of nitrogens with one attached hydrogen (secondary N) is 1. The molecule has 1 aliphatic heterocycles. The van der Waals surface area contributed by atoms with Crippen LogP contribution in [0.25, 0.3) is 5.69 Å². The van der Waals surface area contributed by atoms with E-state index in [9.17, 15) is 13.6 Å². The van der Waals surface area contributed by atoms with Gasteiger partial charge in [0.1, 0.15) is 0 Å². The van der Waals surface area contributed by atoms with Gasteiger partial charge in [0.05, 0.1) is 32.1 Å². The van der Waals surface area contributed by atoms with Gasteiger partial charge in [0, 0.05) is 32.2 Å². The first kappa shape index (κ1) is 22.4. The molecule has 0 radical (unpaired) electrons. The molecule has 12 heteroatoms. The zero-order chi connectivity index (χ0) is 23.4. The average molecular weight is 459 g/mol. The average Bonchev–Trinajstić information content (AvgIpc) is 3.29. The number of piperazine rings is 1. The van der Waals surface area contributed by atoms with Gasteiger partial charge >= 0.3 is 6.03 Å². The normalized spacial score (nSPS) is 14.2. The third-order valence-corrected chi connectivity index (χ3v) is 5.35. The van der Waals surface area contributed by atoms with E-state index in [2.05, 4.69) is 25.7 Å². The van der Waals surface area contributed by atoms with Crippen LogP contribution in [0.15, 0.2) is 36.4 Å². The molecule has 1 saturated heterocycles. The molecule has 1 aliphatic rings. The molecule has 1 N–H and O–H groups in total. The number of carbonyl (C=O) groups excluding carboxylic acids is 1. The quantitative estimate of drug-likeness (QED) is 0.604. The Kier molecular flexibility index (Phi) is 6.63. The van der Waals surface area contributed by atoms with Gasteiger partial charge < -0.3 is 19.7 Å². The van der Waals surface area contributed by atoms with Crippen LogP contribution < -0.4 is 14.8 Å². The van der Waals surface area contributed by atoms with Gasteiger partial charge in [-0.05, 0) is 34.7 Å². The number of aromatic nitrogens is 4. The van der Waals surface area contributed by atoms with Gasteiger partial charge in [0.15, 0.2) is 29.0 Å². The number of carbonyl (C=O) groups is 1. The SMILES string of the molecule is COc1cccc(NC(=O)N2CCN(Cc3nnnn3-c3ccc(F)c(F)c3)CC2)c1OC. The molecule has 2 aromatic carbocycles. The molecule has 0 aliphatic carbocycles. The standard InChI is InChI=1S/C21H23F2N7O3/c1-32-18-5-3-4-17(20(18)33-2)24-21(31)29-10-8-28(9-11-29)13-19-25-26-27-30(19)14-6-7-15(22)16(23)12-14/h3-7,12H,8-11,13H2,1-2H3,(H,24,31). The molecule has 10 nitrogen and oxygen atoms in total. The number of urea groups is 1. The number of hydrogen-bond acceptors (Lipinski definition) is 7. The van der Waals surface area contributed by atoms with Crippen molar-refractivity contribution in [2.75, 3.05) is 45.7 Å². The van der Waals surface area contributed by atoms with Crippen molar-refractivity contribution < 1.29 is 23.0 Å². The van der Waals surface area contributed by atoms with Gasteiger partial charge in [-0.15, -0.1) is 5.10 Å². The Morgan fingerprint density at radius 3 is 2.55 bits per heavy atom. The van der Waals surface area contributed by atoms with Crippen LogP contribution in [-0.4, -0.2) is 76.4 Å². The predicted molar refractivity (Wildman–Crippen MR) is 114 cm³/mol. The Labute approximate surface area is 188 Å². The van der Waals surface area contributed by atoms with Crippen molar-refractivity contribution in [3.8, 4) is 17.2 Å². The monoisotopic (exact) mass is 459 g/mol. The topological polar surface area (TPSA) is 97.6 Å². The van der Waals surface area contributed by atoms with E-state index in [0.29, 0.717) is 61.4 Å². The van der Waals surface area contributed by atoms with Crippen LogP contribution in [0.3, 0.4) is 0 Å². The van der Waals surface area contributed by atoms with Crippen molar-refractivity contribution in [2.24, 2.45) is 0 Å². The predicted octanol–water partition coefficient (Wildman–Crippen LogP) is 2.31. The van der Waals surface area contributed by atoms with Crippen molar-refractivity contribution in [3.63, 3.8) is 0 Å². The van der Waals surface area contributed by atoms with E-state index >= 15 is 0 Å². The molecule has 1 aromatic heterocycles. The second-order valence-electron chi connectivity index (χ2n) is 7.34. The van der Waals surface area contributed by atoms with Crippen molar-refractivity contribution in [1.82, 2.24) is 30.0 Å². The molecular formula is C21H23F2N7O3. The van der Waals surface area contributed by atoms with E-state index in [-0.39, 0.29) is 6.03 Å². The largest absolute Gasteiger partial charge is 0.493 e. The minimum atomic E-state index is -0.971. The van der Waals surface area contributed by atoms with Crippen LogP contribution in [0.5, 0.6) is 11.5 Å². The summed E-state index contributed by atoms with van der Waals surface area (Å²) in [6, 6.07) is 8.51. The van der Waals surface area contributed by atoms with Gasteiger partial charge in [-0.25, -0.2) is 13.6 Å². The smallest absolute Gasteiger partial charge is 0.322 e. The van der Waals surface area contributed by atoms with E-state index in [0.717, 1.165) is 12.1 Å². The van der Waals surface area contributed by atoms with E-state index < -0.39 is 11.6 Å². The number of rotatable bonds is 6. The highest BCUT2D eigenvalue weighted by Gasteiger charge is 2.24. The van der Waals surface area contributed by atoms with Crippen molar-refractivity contribution in [1.29, 1.82) is 0 Å². The first-order valence-electron chi connectivity index (χ1n) is 10.2. The summed E-state index contributed by atoms with van der Waals surface area (Å²) >= 11 is 0. The number of methoxy groups -OCH3 is 2. The van der Waals surface area contributed by atoms with Crippen molar-refractivity contribution >= 4 is 11.7 Å². The number of tetrazole rings is 1. The second kappa shape index (κ2) is 9.77. The molecule has 0 unspecified atom stereocenters. The fourth-order valence-electron chi connectivity index (χ4n) is 3.61. The fraction of sp³-hybridized carbons (Fsp3) is 0.333. The first-order valence-corrected chi connectivity index (χ1v) is 10.2. The highest BCUT2D eigenvalue weighted by atomic mass is 19.2. The number of anilines is 1. The number of halogens is 2. The van der Waals surface area contributed by atoms with Gasteiger partial charge in [0.2, 0.25) is 0 Å². The van der Waals surface area contributed by atoms with E-state index in [1.807, 2.05) is 0 Å². The molecule has 1 fully saturated rings. The van der Waals surface area contributed by atoms with Crippen LogP contribution in [0, 0.1) is 11.6 Å². The summed E-state index contributed by atoms with van der Waals surface area (Å²) in [6.07, 6.45) is 0. The molecule has 2 amide bonds. The van der Waals surface area contributed by atoms with Crippen LogP contribution in [0.4, 0.5) is 19.3 Å². The van der Waals surface area contributed by atoms with Crippen molar-refractivity contribution in [3.05, 3.63) is 53.9 Å². The Bertz CT molecular complexity index is 1130. The summed E-state index contributed by atoms with van der Waals surface area (Å²) in [5.41, 5.74) is 0.856. The summed E-state index contributed by atoms with van der Waals surface area (Å²) < 4.78 is 38.8. The molecule has 0 atom stereocenters. The Morgan fingerprint density at radius 2 is 1.85 bits per heavy atom. The van der Waals surface area contributed by atoms with Crippen LogP contribution in [0.1, 0.15) is 5.82 Å². The number of benzene rings is 2. The van der Waals surface area contributed by atoms with Crippen LogP contribution in [0.2, 0.25) is 0 Å². The summed E-state index contributed by atoms with van der Waals surface area (Å²) in [5, 5.41) is 14.4. The van der Waals surface area contributed by atoms with Crippen LogP contribution in [-0.2, 0) is 6.54 Å². The minimum absolute atomic E-state index is 0.243. The third-order valence-electron chi connectivity index (χ3n) is 5.35. The summed E-state index contributed by atoms with van der Waals surface area (Å²) in [5.74, 6) is -0.439. The van der Waals surface area contributed by atoms with Gasteiger partial charge in [-0.2, -0.15) is 4.68 Å². The Morgan fingerprint density at radius 1 is 1.06 bits per heavy atom. The number of ether oxygens (including phenoxy) is 2. The molecule has 3 aromatic rings. The number of hydrogen-bond donors (Lipinski definition) is 1. The lowest BCUT2D eigenvalue weighted by Crippen LogP contribution is -2.49. The summed E-state index contributed by atoms with van der Waals surface area (Å²) in [7, 11) is 3.05. The zero-order valence-corrected chi connectivity index (χ0v) is 18.2. The van der Waals surface area contributed by atoms with Crippen LogP contribution >= 0.6 is 0 Å². The van der Waals surface area contributed by atoms with Gasteiger partial charge in [-0.3, -0.25) is 4.90 Å². The Hall–Kier alpha value is -3.80. The first-order chi connectivity index (χ1) is 16.0. The molecule has 0 spiro atoms. The molecule has 0 bridgehead atoms. The maximum atomic E-state index is 13.6. The zero-order valence-electron chi connectivity index (χ0n) is 18.2. The highest BCUT2D eigenvalue weighted by Crippen LogP contribution is 2.34. The molecule has 174 valence electrons. The van der Waals surface area contributed by atoms with E-state index in [1.54, 1.807) is 23.1 Å². The molecule has 4 rings (SSSR count). The maximum Gasteiger partial charge on any atom is 0.322 e. The lowest BCUT2D eigenvalue weighted by Gasteiger charge is -2.34. The minimum Gasteiger partial charge on any atom is -0.493 e. The molecule has 2 heterocycles. The fourth-order valence-corrected chi connectivity index (χ4v) is 3.61. The molecule has 0 saturated carbocycles. The third kappa shape index (κ3) is 4.85. The van der Waals surface area contributed by atoms with E-state index in [1.165, 1.54) is 25.0 Å². The summed E-state index contributed by atoms with van der Waals surface area (Å²) in [4.78, 5) is 16.5. The molecule has 33 heavy (non-hydrogen) atoms. The number of nitrogens with zero attached hydrogens (tertiary/aromatic N) is 6. The number of para-hydroxylation sites is 1. The number of amides is 2. The Balaban J connectivity index is 1.36. The van der Waals surface area contributed by atoms with Gasteiger partial charge in [-0.1, -0.05) is 6.07 Å². The van der Waals surface area contributed by atoms with E-state index in [4.69, 9.17) is 9.47 Å². The van der Waals surface area contributed by atoms with Crippen molar-refractivity contribution in [2.45, 2.75) is 6.54 Å². The summed E-state index contributed by atoms with van der Waals surface area (Å²) in [6.45, 7) is 2.56. The second-order valence-corrected chi connectivity index (χ2v) is 7.34. The highest BCUT2D eigenvalue weighted by molar-refractivity contribution is 5.91. The lowest BCUT2D eigenvalue weighted by molar-refractivity contribution is 0.140. The molecular weight excluding hydrogens is 436 g/mol. The van der Waals surface area contributed by atoms with Gasteiger partial charge in [0.25, 0.3) is 0 Å². The lowest BCUT2D eigenvalue weighted by atomic mass is 10.2.